The van der Waals surface area contributed by atoms with Crippen molar-refractivity contribution in [3.05, 3.63) is 46.4 Å². The highest BCUT2D eigenvalue weighted by atomic mass is 79.9. The Morgan fingerprint density at radius 2 is 1.78 bits per heavy atom. The molecule has 0 aliphatic carbocycles. The second-order valence-corrected chi connectivity index (χ2v) is 7.63. The maximum Gasteiger partial charge on any atom is 0.339 e. The number of quaternary nitrogens is 1. The summed E-state index contributed by atoms with van der Waals surface area (Å²) in [7, 11) is 0. The van der Waals surface area contributed by atoms with Gasteiger partial charge in [0.25, 0.3) is 0 Å². The monoisotopic (exact) mass is 376 g/mol. The molecule has 2 aromatic rings. The number of hydrogen-bond acceptors (Lipinski definition) is 2. The van der Waals surface area contributed by atoms with E-state index >= 15 is 0 Å². The fourth-order valence-electron chi connectivity index (χ4n) is 3.44. The molecular weight excluding hydrogens is 354 g/mol. The standard InChI is InChI=1S/C19H22BrNO2/c1-19(2,13-9-11-21-12-10-13)23-18(22)16-7-8-17(20)15-6-4-3-5-14(15)16/h3-8,13,21H,9-12H2,1-2H3/p+1. The number of carbonyl (C=O) groups is 1. The van der Waals surface area contributed by atoms with Crippen molar-refractivity contribution in [2.45, 2.75) is 32.3 Å². The quantitative estimate of drug-likeness (QED) is 0.832. The van der Waals surface area contributed by atoms with Crippen LogP contribution in [0.25, 0.3) is 10.8 Å². The van der Waals surface area contributed by atoms with Gasteiger partial charge in [0.15, 0.2) is 0 Å². The summed E-state index contributed by atoms with van der Waals surface area (Å²) in [4.78, 5) is 12.8. The number of halogens is 1. The molecule has 1 aliphatic rings. The van der Waals surface area contributed by atoms with Gasteiger partial charge in [0.1, 0.15) is 5.60 Å². The number of carbonyl (C=O) groups excluding carboxylic acids is 1. The highest BCUT2D eigenvalue weighted by Gasteiger charge is 2.35. The van der Waals surface area contributed by atoms with Crippen LogP contribution in [0.4, 0.5) is 0 Å². The van der Waals surface area contributed by atoms with Crippen molar-refractivity contribution >= 4 is 32.7 Å². The number of fused-ring (bicyclic) bond motifs is 1. The van der Waals surface area contributed by atoms with Crippen LogP contribution in [0.15, 0.2) is 40.9 Å². The van der Waals surface area contributed by atoms with Gasteiger partial charge in [-0.25, -0.2) is 4.79 Å². The van der Waals surface area contributed by atoms with E-state index in [1.54, 1.807) is 0 Å². The van der Waals surface area contributed by atoms with Crippen molar-refractivity contribution in [2.24, 2.45) is 5.92 Å². The van der Waals surface area contributed by atoms with E-state index in [0.717, 1.165) is 41.2 Å². The topological polar surface area (TPSA) is 42.9 Å². The molecule has 3 rings (SSSR count). The van der Waals surface area contributed by atoms with Crippen molar-refractivity contribution in [2.75, 3.05) is 13.1 Å². The molecule has 0 aromatic heterocycles. The second kappa shape index (κ2) is 6.62. The van der Waals surface area contributed by atoms with Crippen molar-refractivity contribution in [1.82, 2.24) is 0 Å². The third-order valence-corrected chi connectivity index (χ3v) is 5.56. The van der Waals surface area contributed by atoms with Gasteiger partial charge in [-0.2, -0.15) is 0 Å². The lowest BCUT2D eigenvalue weighted by Gasteiger charge is -2.35. The Bertz CT molecular complexity index is 720. The van der Waals surface area contributed by atoms with Crippen LogP contribution < -0.4 is 5.32 Å². The minimum Gasteiger partial charge on any atom is -0.456 e. The maximum atomic E-state index is 12.8. The molecule has 122 valence electrons. The van der Waals surface area contributed by atoms with E-state index in [0.29, 0.717) is 11.5 Å². The van der Waals surface area contributed by atoms with Crippen LogP contribution in [-0.4, -0.2) is 24.7 Å². The summed E-state index contributed by atoms with van der Waals surface area (Å²) < 4.78 is 6.94. The third-order valence-electron chi connectivity index (χ3n) is 4.87. The van der Waals surface area contributed by atoms with Gasteiger partial charge in [-0.05, 0) is 36.8 Å². The Morgan fingerprint density at radius 3 is 2.48 bits per heavy atom. The van der Waals surface area contributed by atoms with Crippen molar-refractivity contribution < 1.29 is 14.8 Å². The van der Waals surface area contributed by atoms with Gasteiger partial charge < -0.3 is 10.1 Å². The summed E-state index contributed by atoms with van der Waals surface area (Å²) in [5.74, 6) is 0.200. The Balaban J connectivity index is 1.87. The van der Waals surface area contributed by atoms with Gasteiger partial charge >= 0.3 is 5.97 Å². The van der Waals surface area contributed by atoms with E-state index in [1.807, 2.05) is 50.2 Å². The number of piperidine rings is 1. The van der Waals surface area contributed by atoms with Crippen LogP contribution in [0.3, 0.4) is 0 Å². The lowest BCUT2D eigenvalue weighted by atomic mass is 9.83. The summed E-state index contributed by atoms with van der Waals surface area (Å²) in [6.45, 7) is 6.32. The van der Waals surface area contributed by atoms with Crippen LogP contribution in [0.1, 0.15) is 37.0 Å². The van der Waals surface area contributed by atoms with Gasteiger partial charge in [0.05, 0.1) is 18.7 Å². The highest BCUT2D eigenvalue weighted by Crippen LogP contribution is 2.31. The molecule has 0 spiro atoms. The fourth-order valence-corrected chi connectivity index (χ4v) is 3.92. The first-order valence-corrected chi connectivity index (χ1v) is 9.00. The molecule has 0 bridgehead atoms. The molecular formula is C19H23BrNO2+. The molecule has 0 radical (unpaired) electrons. The van der Waals surface area contributed by atoms with Crippen LogP contribution in [0, 0.1) is 5.92 Å². The molecule has 0 saturated carbocycles. The molecule has 0 amide bonds. The lowest BCUT2D eigenvalue weighted by Crippen LogP contribution is -2.86. The predicted octanol–water partition coefficient (Wildman–Crippen LogP) is 3.51. The number of ether oxygens (including phenoxy) is 1. The zero-order chi connectivity index (χ0) is 16.4. The zero-order valence-corrected chi connectivity index (χ0v) is 15.2. The predicted molar refractivity (Wildman–Crippen MR) is 95.5 cm³/mol. The summed E-state index contributed by atoms with van der Waals surface area (Å²) in [6.07, 6.45) is 2.20. The van der Waals surface area contributed by atoms with E-state index in [-0.39, 0.29) is 5.97 Å². The van der Waals surface area contributed by atoms with E-state index in [2.05, 4.69) is 21.2 Å². The second-order valence-electron chi connectivity index (χ2n) is 6.77. The SMILES string of the molecule is CC(C)(OC(=O)c1ccc(Br)c2ccccc12)C1CC[NH2+]CC1. The van der Waals surface area contributed by atoms with E-state index in [4.69, 9.17) is 4.74 Å². The summed E-state index contributed by atoms with van der Waals surface area (Å²) in [5.41, 5.74) is 0.207. The Labute approximate surface area is 145 Å². The normalized spacial score (nSPS) is 16.5. The first-order chi connectivity index (χ1) is 11.0. The van der Waals surface area contributed by atoms with Crippen LogP contribution in [0.2, 0.25) is 0 Å². The zero-order valence-electron chi connectivity index (χ0n) is 13.6. The molecule has 4 heteroatoms. The smallest absolute Gasteiger partial charge is 0.339 e. The van der Waals surface area contributed by atoms with E-state index < -0.39 is 5.60 Å². The maximum absolute atomic E-state index is 12.8. The molecule has 2 N–H and O–H groups in total. The first-order valence-electron chi connectivity index (χ1n) is 8.21. The van der Waals surface area contributed by atoms with Crippen molar-refractivity contribution in [1.29, 1.82) is 0 Å². The van der Waals surface area contributed by atoms with E-state index in [9.17, 15) is 4.79 Å². The number of rotatable bonds is 3. The minimum absolute atomic E-state index is 0.228. The largest absolute Gasteiger partial charge is 0.456 e. The van der Waals surface area contributed by atoms with Crippen molar-refractivity contribution in [3.63, 3.8) is 0 Å². The molecule has 3 nitrogen and oxygen atoms in total. The van der Waals surface area contributed by atoms with Crippen LogP contribution in [0.5, 0.6) is 0 Å². The molecule has 1 saturated heterocycles. The van der Waals surface area contributed by atoms with Gasteiger partial charge in [-0.15, -0.1) is 0 Å². The Hall–Kier alpha value is -1.39. The van der Waals surface area contributed by atoms with E-state index in [1.165, 1.54) is 0 Å². The Morgan fingerprint density at radius 1 is 1.13 bits per heavy atom. The van der Waals surface area contributed by atoms with Crippen molar-refractivity contribution in [3.8, 4) is 0 Å². The van der Waals surface area contributed by atoms with Gasteiger partial charge in [0.2, 0.25) is 0 Å². The lowest BCUT2D eigenvalue weighted by molar-refractivity contribution is -0.665. The average Bonchev–Trinajstić information content (AvgIpc) is 2.56. The molecule has 1 fully saturated rings. The van der Waals surface area contributed by atoms with Gasteiger partial charge in [-0.1, -0.05) is 40.2 Å². The molecule has 2 aromatic carbocycles. The minimum atomic E-state index is -0.431. The molecule has 0 atom stereocenters. The number of nitrogens with two attached hydrogens (primary N) is 1. The highest BCUT2D eigenvalue weighted by molar-refractivity contribution is 9.10. The van der Waals surface area contributed by atoms with Gasteiger partial charge in [0, 0.05) is 23.2 Å². The number of esters is 1. The summed E-state index contributed by atoms with van der Waals surface area (Å²) in [5, 5.41) is 4.29. The molecule has 1 heterocycles. The van der Waals surface area contributed by atoms with Crippen LogP contribution in [-0.2, 0) is 4.74 Å². The molecule has 1 aliphatic heterocycles. The first kappa shape index (κ1) is 16.5. The number of hydrogen-bond donors (Lipinski definition) is 1. The van der Waals surface area contributed by atoms with Gasteiger partial charge in [-0.3, -0.25) is 0 Å². The summed E-state index contributed by atoms with van der Waals surface area (Å²) in [6, 6.07) is 11.7. The number of benzene rings is 2. The molecule has 23 heavy (non-hydrogen) atoms. The molecule has 0 unspecified atom stereocenters. The van der Waals surface area contributed by atoms with Crippen LogP contribution >= 0.6 is 15.9 Å². The average molecular weight is 377 g/mol. The fraction of sp³-hybridized carbons (Fsp3) is 0.421. The summed E-state index contributed by atoms with van der Waals surface area (Å²) >= 11 is 3.55. The third kappa shape index (κ3) is 3.43. The Kier molecular flexibility index (Phi) is 4.74.